The number of hydrogen-bond acceptors (Lipinski definition) is 2. The van der Waals surface area contributed by atoms with Crippen molar-refractivity contribution in [3.8, 4) is 0 Å². The summed E-state index contributed by atoms with van der Waals surface area (Å²) in [5, 5.41) is 6.79. The minimum Gasteiger partial charge on any atom is -0.357 e. The highest BCUT2D eigenvalue weighted by atomic mass is 15.2. The van der Waals surface area contributed by atoms with Crippen molar-refractivity contribution in [2.45, 2.75) is 39.7 Å². The molecule has 1 aliphatic heterocycles. The van der Waals surface area contributed by atoms with E-state index in [0.29, 0.717) is 0 Å². The number of piperidine rings is 1. The number of nitrogens with one attached hydrogen (secondary N) is 2. The molecule has 0 unspecified atom stereocenters. The molecule has 1 heterocycles. The second kappa shape index (κ2) is 9.46. The molecule has 0 aromatic heterocycles. The van der Waals surface area contributed by atoms with Crippen LogP contribution in [0.25, 0.3) is 0 Å². The molecule has 1 fully saturated rings. The van der Waals surface area contributed by atoms with Crippen LogP contribution in [0.5, 0.6) is 0 Å². The zero-order chi connectivity index (χ0) is 15.6. The molecular formula is C18H30N4. The van der Waals surface area contributed by atoms with Crippen molar-refractivity contribution in [2.75, 3.05) is 32.7 Å². The number of likely N-dealkylation sites (tertiary alicyclic amines) is 1. The zero-order valence-corrected chi connectivity index (χ0v) is 14.1. The third kappa shape index (κ3) is 5.68. The van der Waals surface area contributed by atoms with Crippen LogP contribution in [0.1, 0.15) is 37.3 Å². The summed E-state index contributed by atoms with van der Waals surface area (Å²) in [6.45, 7) is 10.4. The average molecular weight is 302 g/mol. The molecule has 0 radical (unpaired) electrons. The number of aryl methyl sites for hydroxylation is 1. The molecule has 0 aliphatic carbocycles. The first-order chi connectivity index (χ1) is 10.8. The molecule has 1 saturated heterocycles. The quantitative estimate of drug-likeness (QED) is 0.626. The molecule has 4 heteroatoms. The highest BCUT2D eigenvalue weighted by Gasteiger charge is 2.09. The minimum atomic E-state index is 0.728. The van der Waals surface area contributed by atoms with Gasteiger partial charge >= 0.3 is 0 Å². The normalized spacial score (nSPS) is 16.5. The average Bonchev–Trinajstić information content (AvgIpc) is 2.55. The molecule has 0 spiro atoms. The molecule has 4 nitrogen and oxygen atoms in total. The topological polar surface area (TPSA) is 39.7 Å². The second-order valence-corrected chi connectivity index (χ2v) is 5.95. The molecule has 1 aromatic rings. The van der Waals surface area contributed by atoms with E-state index in [1.165, 1.54) is 43.5 Å². The Bertz CT molecular complexity index is 464. The van der Waals surface area contributed by atoms with Crippen LogP contribution in [0, 0.1) is 6.92 Å². The van der Waals surface area contributed by atoms with E-state index in [2.05, 4.69) is 53.6 Å². The van der Waals surface area contributed by atoms with Crippen LogP contribution in [0.15, 0.2) is 29.3 Å². The Morgan fingerprint density at radius 3 is 2.64 bits per heavy atom. The first-order valence-corrected chi connectivity index (χ1v) is 8.58. The molecule has 1 aromatic carbocycles. The lowest BCUT2D eigenvalue weighted by atomic mass is 10.1. The van der Waals surface area contributed by atoms with E-state index in [-0.39, 0.29) is 0 Å². The van der Waals surface area contributed by atoms with Crippen molar-refractivity contribution in [3.63, 3.8) is 0 Å². The van der Waals surface area contributed by atoms with Crippen LogP contribution in [0.4, 0.5) is 0 Å². The van der Waals surface area contributed by atoms with Gasteiger partial charge in [0.25, 0.3) is 0 Å². The van der Waals surface area contributed by atoms with Gasteiger partial charge in [-0.2, -0.15) is 0 Å². The van der Waals surface area contributed by atoms with Gasteiger partial charge in [0.1, 0.15) is 0 Å². The van der Waals surface area contributed by atoms with Gasteiger partial charge in [-0.1, -0.05) is 30.7 Å². The fraction of sp³-hybridized carbons (Fsp3) is 0.611. The van der Waals surface area contributed by atoms with Gasteiger partial charge in [-0.25, -0.2) is 4.99 Å². The Morgan fingerprint density at radius 1 is 1.14 bits per heavy atom. The van der Waals surface area contributed by atoms with Gasteiger partial charge in [0.05, 0.1) is 6.54 Å². The molecule has 122 valence electrons. The Kier molecular flexibility index (Phi) is 7.23. The van der Waals surface area contributed by atoms with Gasteiger partial charge in [0.2, 0.25) is 0 Å². The molecule has 22 heavy (non-hydrogen) atoms. The summed E-state index contributed by atoms with van der Waals surface area (Å²) in [6.07, 6.45) is 4.09. The van der Waals surface area contributed by atoms with Gasteiger partial charge in [-0.15, -0.1) is 0 Å². The van der Waals surface area contributed by atoms with E-state index in [1.54, 1.807) is 0 Å². The van der Waals surface area contributed by atoms with Gasteiger partial charge in [0.15, 0.2) is 5.96 Å². The standard InChI is InChI=1S/C18H30N4/c1-3-19-18(20-11-14-22-12-7-4-8-13-22)21-15-17-10-6-5-9-16(17)2/h5-6,9-10H,3-4,7-8,11-15H2,1-2H3,(H2,19,20,21). The van der Waals surface area contributed by atoms with Crippen molar-refractivity contribution >= 4 is 5.96 Å². The van der Waals surface area contributed by atoms with Gasteiger partial charge in [-0.3, -0.25) is 0 Å². The summed E-state index contributed by atoms with van der Waals surface area (Å²) in [7, 11) is 0. The van der Waals surface area contributed by atoms with Gasteiger partial charge in [-0.05, 0) is 50.9 Å². The maximum Gasteiger partial charge on any atom is 0.191 e. The van der Waals surface area contributed by atoms with Crippen LogP contribution in [-0.4, -0.2) is 43.6 Å². The maximum absolute atomic E-state index is 4.70. The van der Waals surface area contributed by atoms with E-state index in [9.17, 15) is 0 Å². The van der Waals surface area contributed by atoms with E-state index in [1.807, 2.05) is 0 Å². The maximum atomic E-state index is 4.70. The lowest BCUT2D eigenvalue weighted by Crippen LogP contribution is -2.42. The fourth-order valence-corrected chi connectivity index (χ4v) is 2.81. The van der Waals surface area contributed by atoms with Crippen LogP contribution in [0.2, 0.25) is 0 Å². The lowest BCUT2D eigenvalue weighted by Gasteiger charge is -2.26. The smallest absolute Gasteiger partial charge is 0.191 e. The third-order valence-electron chi connectivity index (χ3n) is 4.18. The van der Waals surface area contributed by atoms with Crippen LogP contribution < -0.4 is 10.6 Å². The molecule has 0 amide bonds. The largest absolute Gasteiger partial charge is 0.357 e. The molecule has 2 rings (SSSR count). The Balaban J connectivity index is 1.80. The first kappa shape index (κ1) is 16.8. The predicted octanol–water partition coefficient (Wildman–Crippen LogP) is 2.54. The molecule has 0 atom stereocenters. The number of aliphatic imine (C=N–C) groups is 1. The van der Waals surface area contributed by atoms with Gasteiger partial charge in [0, 0.05) is 19.6 Å². The molecule has 0 bridgehead atoms. The summed E-state index contributed by atoms with van der Waals surface area (Å²) in [5.41, 5.74) is 2.59. The first-order valence-electron chi connectivity index (χ1n) is 8.58. The molecule has 1 aliphatic rings. The predicted molar refractivity (Wildman–Crippen MR) is 94.3 cm³/mol. The summed E-state index contributed by atoms with van der Waals surface area (Å²) < 4.78 is 0. The highest BCUT2D eigenvalue weighted by Crippen LogP contribution is 2.08. The van der Waals surface area contributed by atoms with Crippen LogP contribution in [-0.2, 0) is 6.54 Å². The monoisotopic (exact) mass is 302 g/mol. The lowest BCUT2D eigenvalue weighted by molar-refractivity contribution is 0.232. The van der Waals surface area contributed by atoms with Crippen molar-refractivity contribution in [3.05, 3.63) is 35.4 Å². The Morgan fingerprint density at radius 2 is 1.91 bits per heavy atom. The van der Waals surface area contributed by atoms with Crippen molar-refractivity contribution in [1.29, 1.82) is 0 Å². The van der Waals surface area contributed by atoms with E-state index >= 15 is 0 Å². The summed E-state index contributed by atoms with van der Waals surface area (Å²) >= 11 is 0. The molecular weight excluding hydrogens is 272 g/mol. The summed E-state index contributed by atoms with van der Waals surface area (Å²) in [6, 6.07) is 8.44. The fourth-order valence-electron chi connectivity index (χ4n) is 2.81. The van der Waals surface area contributed by atoms with E-state index < -0.39 is 0 Å². The highest BCUT2D eigenvalue weighted by molar-refractivity contribution is 5.79. The number of rotatable bonds is 6. The Hall–Kier alpha value is -1.55. The minimum absolute atomic E-state index is 0.728. The van der Waals surface area contributed by atoms with Gasteiger partial charge < -0.3 is 15.5 Å². The zero-order valence-electron chi connectivity index (χ0n) is 14.1. The second-order valence-electron chi connectivity index (χ2n) is 5.95. The number of nitrogens with zero attached hydrogens (tertiary/aromatic N) is 2. The van der Waals surface area contributed by atoms with Crippen LogP contribution >= 0.6 is 0 Å². The van der Waals surface area contributed by atoms with Crippen molar-refractivity contribution in [1.82, 2.24) is 15.5 Å². The van der Waals surface area contributed by atoms with Crippen LogP contribution in [0.3, 0.4) is 0 Å². The summed E-state index contributed by atoms with van der Waals surface area (Å²) in [5.74, 6) is 0.919. The van der Waals surface area contributed by atoms with Crippen molar-refractivity contribution in [2.24, 2.45) is 4.99 Å². The number of benzene rings is 1. The summed E-state index contributed by atoms with van der Waals surface area (Å²) in [4.78, 5) is 7.25. The van der Waals surface area contributed by atoms with E-state index in [4.69, 9.17) is 4.99 Å². The van der Waals surface area contributed by atoms with E-state index in [0.717, 1.165) is 32.1 Å². The Labute approximate surface area is 135 Å². The van der Waals surface area contributed by atoms with Crippen molar-refractivity contribution < 1.29 is 0 Å². The molecule has 0 saturated carbocycles. The number of guanidine groups is 1. The number of hydrogen-bond donors (Lipinski definition) is 2. The third-order valence-corrected chi connectivity index (χ3v) is 4.18. The molecule has 2 N–H and O–H groups in total. The SMILES string of the molecule is CCNC(=NCc1ccccc1C)NCCN1CCCCC1.